The minimum Gasteiger partial charge on any atom is -0.352 e. The molecule has 8 heteroatoms. The highest BCUT2D eigenvalue weighted by Gasteiger charge is 2.39. The van der Waals surface area contributed by atoms with Crippen LogP contribution in [-0.4, -0.2) is 60.9 Å². The minimum atomic E-state index is 0.299. The molecule has 29 heavy (non-hydrogen) atoms. The van der Waals surface area contributed by atoms with Crippen LogP contribution in [0.5, 0.6) is 0 Å². The Bertz CT molecular complexity index is 1010. The summed E-state index contributed by atoms with van der Waals surface area (Å²) in [6.45, 7) is 3.97. The number of amides is 1. The molecule has 2 unspecified atom stereocenters. The number of fused-ring (bicyclic) bond motifs is 3. The molecular weight excluding hydrogens is 366 g/mol. The summed E-state index contributed by atoms with van der Waals surface area (Å²) in [4.78, 5) is 20.1. The van der Waals surface area contributed by atoms with Crippen molar-refractivity contribution >= 4 is 17.9 Å². The summed E-state index contributed by atoms with van der Waals surface area (Å²) in [5.41, 5.74) is 2.66. The van der Waals surface area contributed by atoms with Crippen molar-refractivity contribution in [3.8, 4) is 11.3 Å². The number of nitrogens with zero attached hydrogens (tertiary/aromatic N) is 7. The highest BCUT2D eigenvalue weighted by Crippen LogP contribution is 2.32. The molecule has 3 fully saturated rings. The smallest absolute Gasteiger partial charge is 0.210 e. The van der Waals surface area contributed by atoms with Gasteiger partial charge in [-0.3, -0.25) is 9.48 Å². The van der Waals surface area contributed by atoms with E-state index in [1.165, 1.54) is 12.8 Å². The van der Waals surface area contributed by atoms with Gasteiger partial charge in [-0.1, -0.05) is 19.8 Å². The number of hydrogen-bond acceptors (Lipinski definition) is 5. The number of aromatic nitrogens is 5. The molecule has 3 aliphatic rings. The van der Waals surface area contributed by atoms with Crippen LogP contribution < -0.4 is 4.90 Å². The van der Waals surface area contributed by atoms with Crippen LogP contribution in [0, 0.1) is 5.92 Å². The Kier molecular flexibility index (Phi) is 4.49. The average molecular weight is 393 g/mol. The average Bonchev–Trinajstić information content (AvgIpc) is 3.11. The van der Waals surface area contributed by atoms with Gasteiger partial charge in [-0.15, -0.1) is 0 Å². The molecule has 0 spiro atoms. The Balaban J connectivity index is 0.000000408. The van der Waals surface area contributed by atoms with Gasteiger partial charge in [0, 0.05) is 56.2 Å². The van der Waals surface area contributed by atoms with Crippen LogP contribution in [0.4, 0.5) is 5.82 Å². The van der Waals surface area contributed by atoms with E-state index < -0.39 is 0 Å². The normalized spacial score (nSPS) is 23.2. The highest BCUT2D eigenvalue weighted by molar-refractivity contribution is 5.64. The van der Waals surface area contributed by atoms with Gasteiger partial charge in [-0.25, -0.2) is 4.98 Å². The van der Waals surface area contributed by atoms with Gasteiger partial charge < -0.3 is 9.80 Å². The molecule has 0 radical (unpaired) electrons. The molecule has 5 heterocycles. The van der Waals surface area contributed by atoms with Gasteiger partial charge in [0.25, 0.3) is 0 Å². The number of carbonyl (C=O) groups is 1. The second-order valence-corrected chi connectivity index (χ2v) is 8.53. The lowest BCUT2D eigenvalue weighted by Crippen LogP contribution is -2.53. The van der Waals surface area contributed by atoms with Crippen LogP contribution in [0.2, 0.25) is 0 Å². The van der Waals surface area contributed by atoms with Gasteiger partial charge in [0.15, 0.2) is 5.65 Å². The molecule has 1 saturated carbocycles. The maximum Gasteiger partial charge on any atom is 0.210 e. The van der Waals surface area contributed by atoms with Crippen LogP contribution in [0.3, 0.4) is 0 Å². The van der Waals surface area contributed by atoms with Gasteiger partial charge in [-0.2, -0.15) is 14.7 Å². The fourth-order valence-electron chi connectivity index (χ4n) is 4.28. The monoisotopic (exact) mass is 393 g/mol. The van der Waals surface area contributed by atoms with E-state index in [1.807, 2.05) is 47.2 Å². The lowest BCUT2D eigenvalue weighted by atomic mass is 10.2. The van der Waals surface area contributed by atoms with E-state index in [2.05, 4.69) is 21.9 Å². The third-order valence-electron chi connectivity index (χ3n) is 6.19. The zero-order valence-corrected chi connectivity index (χ0v) is 17.0. The molecule has 2 atom stereocenters. The van der Waals surface area contributed by atoms with E-state index in [4.69, 9.17) is 5.10 Å². The second kappa shape index (κ2) is 7.17. The van der Waals surface area contributed by atoms with Crippen LogP contribution in [-0.2, 0) is 11.8 Å². The quantitative estimate of drug-likeness (QED) is 0.639. The number of anilines is 1. The molecule has 2 aliphatic heterocycles. The summed E-state index contributed by atoms with van der Waals surface area (Å²) in [5, 5.41) is 8.98. The van der Waals surface area contributed by atoms with Crippen molar-refractivity contribution in [3.05, 3.63) is 30.7 Å². The highest BCUT2D eigenvalue weighted by atomic mass is 16.1. The van der Waals surface area contributed by atoms with Crippen molar-refractivity contribution in [1.29, 1.82) is 0 Å². The van der Waals surface area contributed by atoms with Gasteiger partial charge in [0.2, 0.25) is 6.41 Å². The summed E-state index contributed by atoms with van der Waals surface area (Å²) in [7, 11) is 1.89. The summed E-state index contributed by atoms with van der Waals surface area (Å²) in [6, 6.07) is 4.58. The second-order valence-electron chi connectivity index (χ2n) is 8.53. The largest absolute Gasteiger partial charge is 0.352 e. The Morgan fingerprint density at radius 2 is 1.86 bits per heavy atom. The predicted molar refractivity (Wildman–Crippen MR) is 111 cm³/mol. The fraction of sp³-hybridized carbons (Fsp3) is 0.524. The molecule has 8 nitrogen and oxygen atoms in total. The minimum absolute atomic E-state index is 0.299. The summed E-state index contributed by atoms with van der Waals surface area (Å²) < 4.78 is 3.67. The summed E-state index contributed by atoms with van der Waals surface area (Å²) >= 11 is 0. The van der Waals surface area contributed by atoms with Crippen molar-refractivity contribution in [3.63, 3.8) is 0 Å². The first kappa shape index (κ1) is 18.1. The van der Waals surface area contributed by atoms with Gasteiger partial charge in [0.1, 0.15) is 5.82 Å². The summed E-state index contributed by atoms with van der Waals surface area (Å²) in [5.74, 6) is 2.11. The fourth-order valence-corrected chi connectivity index (χ4v) is 4.28. The first-order valence-corrected chi connectivity index (χ1v) is 10.4. The summed E-state index contributed by atoms with van der Waals surface area (Å²) in [6.07, 6.45) is 11.7. The van der Waals surface area contributed by atoms with Crippen molar-refractivity contribution in [1.82, 2.24) is 29.3 Å². The molecule has 2 saturated heterocycles. The third kappa shape index (κ3) is 3.47. The number of aryl methyl sites for hydroxylation is 1. The van der Waals surface area contributed by atoms with Crippen LogP contribution in [0.15, 0.2) is 30.7 Å². The van der Waals surface area contributed by atoms with Crippen molar-refractivity contribution in [2.75, 3.05) is 18.0 Å². The topological polar surface area (TPSA) is 71.6 Å². The Morgan fingerprint density at radius 1 is 1.14 bits per heavy atom. The maximum atomic E-state index is 11.3. The molecule has 3 aromatic heterocycles. The van der Waals surface area contributed by atoms with Gasteiger partial charge >= 0.3 is 0 Å². The first-order valence-electron chi connectivity index (χ1n) is 10.4. The van der Waals surface area contributed by atoms with E-state index in [0.717, 1.165) is 61.0 Å². The van der Waals surface area contributed by atoms with Crippen molar-refractivity contribution in [2.45, 2.75) is 44.7 Å². The molecule has 2 bridgehead atoms. The van der Waals surface area contributed by atoms with Gasteiger partial charge in [-0.05, 0) is 24.8 Å². The number of rotatable bonds is 3. The number of hydrogen-bond donors (Lipinski definition) is 0. The van der Waals surface area contributed by atoms with E-state index in [9.17, 15) is 4.79 Å². The van der Waals surface area contributed by atoms with Crippen LogP contribution in [0.1, 0.15) is 32.6 Å². The third-order valence-corrected chi connectivity index (χ3v) is 6.19. The predicted octanol–water partition coefficient (Wildman–Crippen LogP) is 2.36. The lowest BCUT2D eigenvalue weighted by Gasteiger charge is -2.39. The maximum absolute atomic E-state index is 11.3. The molecule has 6 rings (SSSR count). The number of carbonyl (C=O) groups excluding carboxylic acids is 1. The molecule has 0 N–H and O–H groups in total. The zero-order chi connectivity index (χ0) is 20.0. The molecule has 1 amide bonds. The number of piperazine rings is 1. The molecule has 1 aliphatic carbocycles. The molecule has 3 aromatic rings. The first-order chi connectivity index (χ1) is 14.1. The Morgan fingerprint density at radius 3 is 2.45 bits per heavy atom. The molecular formula is C21H27N7O. The van der Waals surface area contributed by atoms with E-state index in [-0.39, 0.29) is 0 Å². The van der Waals surface area contributed by atoms with Gasteiger partial charge in [0.05, 0.1) is 11.9 Å². The lowest BCUT2D eigenvalue weighted by molar-refractivity contribution is -0.121. The molecule has 0 aromatic carbocycles. The van der Waals surface area contributed by atoms with Crippen LogP contribution >= 0.6 is 0 Å². The van der Waals surface area contributed by atoms with E-state index >= 15 is 0 Å². The van der Waals surface area contributed by atoms with E-state index in [1.54, 1.807) is 4.68 Å². The Hall–Kier alpha value is -2.90. The van der Waals surface area contributed by atoms with Crippen molar-refractivity contribution in [2.24, 2.45) is 13.0 Å². The zero-order valence-electron chi connectivity index (χ0n) is 17.0. The standard InChI is InChI=1S/C17H19N7O.C4H8/c1-21-8-12(7-19-21)15-6-16-18-5-4-17(24(16)20-15)22-9-13-2-3-14(10-22)23(13)11-25;1-4-2-3-4/h4-8,11,13-14H,2-3,9-10H2,1H3;4H,2-3H2,1H3. The SMILES string of the molecule is CC1CC1.Cn1cc(-c2cc3nccc(N4CC5CCC(C4)N5C=O)n3n2)cn1. The Labute approximate surface area is 170 Å². The van der Waals surface area contributed by atoms with E-state index in [0.29, 0.717) is 12.1 Å². The van der Waals surface area contributed by atoms with Crippen LogP contribution in [0.25, 0.3) is 16.9 Å². The van der Waals surface area contributed by atoms with Crippen molar-refractivity contribution < 1.29 is 4.79 Å². The molecule has 152 valence electrons.